The highest BCUT2D eigenvalue weighted by atomic mass is 127. The Kier molecular flexibility index (Phi) is 13.8. The molecular formula is C62H58I2N2. The third kappa shape index (κ3) is 9.82. The second-order valence-corrected chi connectivity index (χ2v) is 21.0. The summed E-state index contributed by atoms with van der Waals surface area (Å²) in [6.45, 7) is 26.6. The van der Waals surface area contributed by atoms with Crippen LogP contribution >= 0.6 is 45.2 Å². The predicted octanol–water partition coefficient (Wildman–Crippen LogP) is 18.1. The monoisotopic (exact) mass is 1080 g/mol. The molecule has 0 aliphatic carbocycles. The molecule has 8 rings (SSSR count). The van der Waals surface area contributed by atoms with Gasteiger partial charge >= 0.3 is 0 Å². The number of hydrogen-bond acceptors (Lipinski definition) is 2. The molecule has 0 bridgehead atoms. The highest BCUT2D eigenvalue weighted by Crippen LogP contribution is 2.43. The van der Waals surface area contributed by atoms with Crippen molar-refractivity contribution in [2.75, 3.05) is 0 Å². The quantitative estimate of drug-likeness (QED) is 0.135. The van der Waals surface area contributed by atoms with E-state index in [9.17, 15) is 0 Å². The molecule has 0 N–H and O–H groups in total. The van der Waals surface area contributed by atoms with Gasteiger partial charge in [0.1, 0.15) is 0 Å². The van der Waals surface area contributed by atoms with Crippen LogP contribution in [0.4, 0.5) is 0 Å². The Labute approximate surface area is 420 Å². The van der Waals surface area contributed by atoms with Crippen molar-refractivity contribution in [1.29, 1.82) is 0 Å². The van der Waals surface area contributed by atoms with Gasteiger partial charge in [-0.05, 0) is 276 Å². The molecule has 0 saturated heterocycles. The second kappa shape index (κ2) is 19.4. The number of pyridine rings is 2. The molecule has 0 spiro atoms. The van der Waals surface area contributed by atoms with Crippen molar-refractivity contribution in [3.05, 3.63) is 206 Å². The smallest absolute Gasteiger partial charge is 0.0886 e. The van der Waals surface area contributed by atoms with E-state index in [1.165, 1.54) is 130 Å². The molecular weight excluding hydrogens is 1030 g/mol. The minimum Gasteiger partial charge on any atom is -0.254 e. The lowest BCUT2D eigenvalue weighted by Gasteiger charge is -2.21. The Morgan fingerprint density at radius 2 is 0.561 bits per heavy atom. The van der Waals surface area contributed by atoms with E-state index in [0.29, 0.717) is 0 Å². The lowest BCUT2D eigenvalue weighted by Crippen LogP contribution is -1.99. The van der Waals surface area contributed by atoms with Gasteiger partial charge in [0.2, 0.25) is 0 Å². The van der Waals surface area contributed by atoms with Crippen molar-refractivity contribution in [2.45, 2.75) is 83.1 Å². The maximum Gasteiger partial charge on any atom is 0.0886 e. The van der Waals surface area contributed by atoms with Crippen molar-refractivity contribution in [3.63, 3.8) is 0 Å². The molecule has 0 atom stereocenters. The molecule has 2 heterocycles. The molecule has 0 aliphatic rings. The molecule has 66 heavy (non-hydrogen) atoms. The maximum atomic E-state index is 4.95. The van der Waals surface area contributed by atoms with E-state index in [1.54, 1.807) is 0 Å². The third-order valence-corrected chi connectivity index (χ3v) is 14.0. The molecule has 330 valence electrons. The summed E-state index contributed by atoms with van der Waals surface area (Å²) in [7, 11) is 0. The van der Waals surface area contributed by atoms with E-state index in [1.807, 2.05) is 12.4 Å². The Morgan fingerprint density at radius 3 is 0.773 bits per heavy atom. The van der Waals surface area contributed by atoms with Gasteiger partial charge in [-0.2, -0.15) is 0 Å². The molecule has 4 heteroatoms. The average Bonchev–Trinajstić information content (AvgIpc) is 3.22. The van der Waals surface area contributed by atoms with E-state index < -0.39 is 0 Å². The van der Waals surface area contributed by atoms with Crippen LogP contribution in [0.2, 0.25) is 0 Å². The first-order chi connectivity index (χ1) is 31.4. The molecule has 0 fully saturated rings. The van der Waals surface area contributed by atoms with Crippen LogP contribution in [0.1, 0.15) is 89.0 Å². The zero-order valence-corrected chi connectivity index (χ0v) is 44.7. The third-order valence-electron chi connectivity index (χ3n) is 12.8. The lowest BCUT2D eigenvalue weighted by molar-refractivity contribution is 1.24. The topological polar surface area (TPSA) is 25.8 Å². The van der Waals surface area contributed by atoms with Gasteiger partial charge < -0.3 is 0 Å². The first kappa shape index (κ1) is 47.1. The van der Waals surface area contributed by atoms with E-state index in [2.05, 4.69) is 250 Å². The summed E-state index contributed by atoms with van der Waals surface area (Å²) in [5.41, 5.74) is 31.8. The molecule has 2 aromatic heterocycles. The van der Waals surface area contributed by atoms with Crippen LogP contribution in [-0.2, 0) is 0 Å². The van der Waals surface area contributed by atoms with Crippen molar-refractivity contribution >= 4 is 69.5 Å². The summed E-state index contributed by atoms with van der Waals surface area (Å²) in [6, 6.07) is 36.2. The first-order valence-electron chi connectivity index (χ1n) is 22.7. The lowest BCUT2D eigenvalue weighted by atomic mass is 9.84. The molecule has 0 radical (unpaired) electrons. The number of halogens is 2. The van der Waals surface area contributed by atoms with Crippen LogP contribution in [0.15, 0.2) is 109 Å². The van der Waals surface area contributed by atoms with Crippen LogP contribution in [-0.4, -0.2) is 9.97 Å². The van der Waals surface area contributed by atoms with Crippen LogP contribution in [0.25, 0.3) is 80.2 Å². The zero-order chi connectivity index (χ0) is 47.1. The normalized spacial score (nSPS) is 11.7. The second-order valence-electron chi connectivity index (χ2n) is 18.5. The highest BCUT2D eigenvalue weighted by molar-refractivity contribution is 14.1. The van der Waals surface area contributed by atoms with Crippen LogP contribution < -0.4 is 0 Å². The summed E-state index contributed by atoms with van der Waals surface area (Å²) in [5, 5.41) is 0. The first-order valence-corrected chi connectivity index (χ1v) is 24.9. The predicted molar refractivity (Wildman–Crippen MR) is 302 cm³/mol. The molecule has 0 aliphatic heterocycles. The molecule has 0 saturated carbocycles. The molecule has 6 aromatic carbocycles. The Balaban J connectivity index is 1.14. The maximum absolute atomic E-state index is 4.95. The van der Waals surface area contributed by atoms with E-state index in [4.69, 9.17) is 9.97 Å². The number of benzene rings is 6. The Hall–Kier alpha value is -5.44. The van der Waals surface area contributed by atoms with Crippen molar-refractivity contribution in [1.82, 2.24) is 9.97 Å². The van der Waals surface area contributed by atoms with Crippen LogP contribution in [0.3, 0.4) is 0 Å². The van der Waals surface area contributed by atoms with Crippen molar-refractivity contribution in [3.8, 4) is 55.9 Å². The summed E-state index contributed by atoms with van der Waals surface area (Å²) in [4.78, 5) is 9.89. The van der Waals surface area contributed by atoms with Gasteiger partial charge in [0.05, 0.1) is 11.4 Å². The fourth-order valence-corrected chi connectivity index (χ4v) is 11.8. The number of aryl methyl sites for hydroxylation is 12. The van der Waals surface area contributed by atoms with Crippen molar-refractivity contribution < 1.29 is 0 Å². The molecule has 8 aromatic rings. The van der Waals surface area contributed by atoms with E-state index in [-0.39, 0.29) is 0 Å². The standard InChI is InChI=1S/C62H58I2N2/c1-35-21-39(5)59(40(6)22-35)53-29-49(63)30-54(60-41(7)23-36(2)24-42(60)8)51(53)17-13-47-15-19-57(65-33-47)58-20-16-48(34-66-58)14-18-52-55(61-43(9)25-37(3)26-44(61)10)31-50(64)32-56(52)62-45(11)27-38(4)28-46(62)12/h13-34H,1-12H3/b17-13+,18-14+. The van der Waals surface area contributed by atoms with E-state index >= 15 is 0 Å². The van der Waals surface area contributed by atoms with Gasteiger partial charge in [-0.15, -0.1) is 0 Å². The highest BCUT2D eigenvalue weighted by Gasteiger charge is 2.20. The molecule has 0 unspecified atom stereocenters. The number of rotatable bonds is 9. The van der Waals surface area contributed by atoms with E-state index in [0.717, 1.165) is 22.5 Å². The number of nitrogens with zero attached hydrogens (tertiary/aromatic N) is 2. The minimum atomic E-state index is 0.841. The largest absolute Gasteiger partial charge is 0.254 e. The minimum absolute atomic E-state index is 0.841. The number of hydrogen-bond donors (Lipinski definition) is 0. The fraction of sp³-hybridized carbons (Fsp3) is 0.194. The summed E-state index contributed by atoms with van der Waals surface area (Å²) in [6.07, 6.45) is 12.9. The van der Waals surface area contributed by atoms with Gasteiger partial charge in [0.15, 0.2) is 0 Å². The number of aromatic nitrogens is 2. The molecule has 0 amide bonds. The fourth-order valence-electron chi connectivity index (χ4n) is 10.5. The van der Waals surface area contributed by atoms with Gasteiger partial charge in [-0.1, -0.05) is 107 Å². The zero-order valence-electron chi connectivity index (χ0n) is 40.4. The molecule has 2 nitrogen and oxygen atoms in total. The van der Waals surface area contributed by atoms with Crippen LogP contribution in [0, 0.1) is 90.2 Å². The van der Waals surface area contributed by atoms with Gasteiger partial charge in [0.25, 0.3) is 0 Å². The average molecular weight is 1080 g/mol. The summed E-state index contributed by atoms with van der Waals surface area (Å²) >= 11 is 4.98. The summed E-state index contributed by atoms with van der Waals surface area (Å²) in [5.74, 6) is 0. The van der Waals surface area contributed by atoms with Crippen LogP contribution in [0.5, 0.6) is 0 Å². The van der Waals surface area contributed by atoms with Gasteiger partial charge in [-0.25, -0.2) is 0 Å². The summed E-state index contributed by atoms with van der Waals surface area (Å²) < 4.78 is 2.44. The Bertz CT molecular complexity index is 2790. The SMILES string of the molecule is Cc1cc(C)c(-c2cc(I)cc(-c3c(C)cc(C)cc3C)c2/C=C/c2ccc(-c3ccc(/C=C/c4c(-c5c(C)cc(C)cc5C)cc(I)cc4-c4c(C)cc(C)cc4C)cn3)nc2)c(C)c1. The van der Waals surface area contributed by atoms with Crippen molar-refractivity contribution in [2.24, 2.45) is 0 Å². The van der Waals surface area contributed by atoms with Gasteiger partial charge in [0, 0.05) is 19.5 Å². The Morgan fingerprint density at radius 1 is 0.318 bits per heavy atom. The van der Waals surface area contributed by atoms with Gasteiger partial charge in [-0.3, -0.25) is 9.97 Å².